The van der Waals surface area contributed by atoms with Gasteiger partial charge in [0.05, 0.1) is 6.54 Å². The van der Waals surface area contributed by atoms with Crippen LogP contribution in [0, 0.1) is 6.92 Å². The van der Waals surface area contributed by atoms with E-state index in [0.29, 0.717) is 18.8 Å². The lowest BCUT2D eigenvalue weighted by atomic mass is 10.2. The summed E-state index contributed by atoms with van der Waals surface area (Å²) in [7, 11) is 0. The molecule has 0 aliphatic carbocycles. The van der Waals surface area contributed by atoms with Crippen molar-refractivity contribution in [3.63, 3.8) is 0 Å². The highest BCUT2D eigenvalue weighted by atomic mass is 16.5. The molecule has 0 unspecified atom stereocenters. The second-order valence-electron chi connectivity index (χ2n) is 5.77. The molecule has 1 N–H and O–H groups in total. The summed E-state index contributed by atoms with van der Waals surface area (Å²) < 4.78 is 5.40. The fraction of sp³-hybridized carbons (Fsp3) is 0.300. The summed E-state index contributed by atoms with van der Waals surface area (Å²) in [6.07, 6.45) is 0. The summed E-state index contributed by atoms with van der Waals surface area (Å²) in [5.74, 6) is 0.200. The van der Waals surface area contributed by atoms with Gasteiger partial charge in [0.15, 0.2) is 6.61 Å². The molecule has 0 fully saturated rings. The summed E-state index contributed by atoms with van der Waals surface area (Å²) in [6.45, 7) is 4.88. The van der Waals surface area contributed by atoms with Crippen LogP contribution in [0.3, 0.4) is 0 Å². The van der Waals surface area contributed by atoms with Gasteiger partial charge < -0.3 is 15.0 Å². The van der Waals surface area contributed by atoms with Gasteiger partial charge in [-0.1, -0.05) is 48.0 Å². The maximum Gasteiger partial charge on any atom is 0.258 e. The third kappa shape index (κ3) is 6.30. The van der Waals surface area contributed by atoms with Crippen LogP contribution >= 0.6 is 0 Å². The van der Waals surface area contributed by atoms with Crippen LogP contribution in [0.5, 0.6) is 5.75 Å². The zero-order valence-electron chi connectivity index (χ0n) is 14.7. The van der Waals surface area contributed by atoms with Gasteiger partial charge in [-0.05, 0) is 31.5 Å². The molecule has 0 bridgehead atoms. The summed E-state index contributed by atoms with van der Waals surface area (Å²) in [6, 6.07) is 17.2. The predicted octanol–water partition coefficient (Wildman–Crippen LogP) is 2.54. The largest absolute Gasteiger partial charge is 0.484 e. The minimum absolute atomic E-state index is 0.0310. The van der Waals surface area contributed by atoms with E-state index in [1.807, 2.05) is 68.4 Å². The maximum atomic E-state index is 12.3. The Morgan fingerprint density at radius 2 is 1.72 bits per heavy atom. The van der Waals surface area contributed by atoms with E-state index in [1.165, 1.54) is 0 Å². The van der Waals surface area contributed by atoms with Gasteiger partial charge in [-0.2, -0.15) is 0 Å². The van der Waals surface area contributed by atoms with Gasteiger partial charge in [-0.15, -0.1) is 0 Å². The van der Waals surface area contributed by atoms with Gasteiger partial charge in [-0.3, -0.25) is 9.59 Å². The molecule has 2 rings (SSSR count). The molecule has 25 heavy (non-hydrogen) atoms. The number of hydrogen-bond donors (Lipinski definition) is 1. The highest BCUT2D eigenvalue weighted by Gasteiger charge is 2.13. The smallest absolute Gasteiger partial charge is 0.258 e. The molecule has 0 saturated heterocycles. The molecule has 0 radical (unpaired) electrons. The van der Waals surface area contributed by atoms with Gasteiger partial charge in [-0.25, -0.2) is 0 Å². The lowest BCUT2D eigenvalue weighted by Crippen LogP contribution is -2.41. The second kappa shape index (κ2) is 9.47. The average Bonchev–Trinajstić information content (AvgIpc) is 2.64. The third-order valence-corrected chi connectivity index (χ3v) is 3.78. The highest BCUT2D eigenvalue weighted by Crippen LogP contribution is 2.11. The normalized spacial score (nSPS) is 10.2. The molecule has 5 heteroatoms. The molecule has 2 aromatic carbocycles. The van der Waals surface area contributed by atoms with Crippen LogP contribution in [0.1, 0.15) is 18.1 Å². The Balaban J connectivity index is 1.75. The number of carbonyl (C=O) groups excluding carboxylic acids is 2. The molecule has 0 atom stereocenters. The summed E-state index contributed by atoms with van der Waals surface area (Å²) in [4.78, 5) is 25.8. The monoisotopic (exact) mass is 340 g/mol. The van der Waals surface area contributed by atoms with E-state index in [-0.39, 0.29) is 25.0 Å². The van der Waals surface area contributed by atoms with Crippen molar-refractivity contribution in [1.29, 1.82) is 0 Å². The number of hydrogen-bond acceptors (Lipinski definition) is 3. The molecule has 5 nitrogen and oxygen atoms in total. The van der Waals surface area contributed by atoms with Crippen LogP contribution in [0.2, 0.25) is 0 Å². The lowest BCUT2D eigenvalue weighted by molar-refractivity contribution is -0.133. The van der Waals surface area contributed by atoms with E-state index in [9.17, 15) is 9.59 Å². The number of aryl methyl sites for hydroxylation is 1. The van der Waals surface area contributed by atoms with Crippen molar-refractivity contribution in [2.75, 3.05) is 19.7 Å². The van der Waals surface area contributed by atoms with Gasteiger partial charge in [0, 0.05) is 13.1 Å². The number of ether oxygens (including phenoxy) is 1. The fourth-order valence-corrected chi connectivity index (χ4v) is 2.30. The van der Waals surface area contributed by atoms with Crippen molar-refractivity contribution in [3.8, 4) is 5.75 Å². The number of carbonyl (C=O) groups is 2. The Morgan fingerprint density at radius 1 is 1.04 bits per heavy atom. The zero-order chi connectivity index (χ0) is 18.1. The van der Waals surface area contributed by atoms with Gasteiger partial charge >= 0.3 is 0 Å². The molecule has 0 aromatic heterocycles. The number of nitrogens with zero attached hydrogens (tertiary/aromatic N) is 1. The van der Waals surface area contributed by atoms with E-state index in [4.69, 9.17) is 4.74 Å². The standard InChI is InChI=1S/C20H24N2O3/c1-3-22(14-17-7-5-4-6-8-17)20(24)13-21-19(23)15-25-18-11-9-16(2)10-12-18/h4-12H,3,13-15H2,1-2H3,(H,21,23). The molecule has 0 aliphatic heterocycles. The fourth-order valence-electron chi connectivity index (χ4n) is 2.30. The Hall–Kier alpha value is -2.82. The van der Waals surface area contributed by atoms with Gasteiger partial charge in [0.25, 0.3) is 5.91 Å². The van der Waals surface area contributed by atoms with E-state index in [2.05, 4.69) is 5.32 Å². The minimum Gasteiger partial charge on any atom is -0.484 e. The number of rotatable bonds is 8. The molecule has 2 aromatic rings. The Labute approximate surface area is 148 Å². The van der Waals surface area contributed by atoms with Crippen LogP contribution < -0.4 is 10.1 Å². The molecule has 2 amide bonds. The van der Waals surface area contributed by atoms with Gasteiger partial charge in [0.1, 0.15) is 5.75 Å². The van der Waals surface area contributed by atoms with Crippen LogP contribution in [0.4, 0.5) is 0 Å². The van der Waals surface area contributed by atoms with Crippen LogP contribution in [0.25, 0.3) is 0 Å². The molecular weight excluding hydrogens is 316 g/mol. The van der Waals surface area contributed by atoms with Crippen molar-refractivity contribution in [2.45, 2.75) is 20.4 Å². The van der Waals surface area contributed by atoms with Crippen LogP contribution in [-0.2, 0) is 16.1 Å². The first-order chi connectivity index (χ1) is 12.1. The van der Waals surface area contributed by atoms with E-state index < -0.39 is 0 Å². The molecular formula is C20H24N2O3. The van der Waals surface area contributed by atoms with Crippen LogP contribution in [-0.4, -0.2) is 36.4 Å². The second-order valence-corrected chi connectivity index (χ2v) is 5.77. The average molecular weight is 340 g/mol. The predicted molar refractivity (Wildman–Crippen MR) is 97.2 cm³/mol. The zero-order valence-corrected chi connectivity index (χ0v) is 14.7. The number of nitrogens with one attached hydrogen (secondary N) is 1. The highest BCUT2D eigenvalue weighted by molar-refractivity contribution is 5.85. The van der Waals surface area contributed by atoms with Crippen molar-refractivity contribution in [2.24, 2.45) is 0 Å². The minimum atomic E-state index is -0.315. The molecule has 0 aliphatic rings. The van der Waals surface area contributed by atoms with E-state index in [1.54, 1.807) is 4.90 Å². The summed E-state index contributed by atoms with van der Waals surface area (Å²) in [5, 5.41) is 2.61. The Bertz CT molecular complexity index is 684. The van der Waals surface area contributed by atoms with Gasteiger partial charge in [0.2, 0.25) is 5.91 Å². The van der Waals surface area contributed by atoms with Crippen molar-refractivity contribution >= 4 is 11.8 Å². The molecule has 0 saturated carbocycles. The van der Waals surface area contributed by atoms with E-state index in [0.717, 1.165) is 11.1 Å². The SMILES string of the molecule is CCN(Cc1ccccc1)C(=O)CNC(=O)COc1ccc(C)cc1. The quantitative estimate of drug-likeness (QED) is 0.803. The maximum absolute atomic E-state index is 12.3. The van der Waals surface area contributed by atoms with E-state index >= 15 is 0 Å². The molecule has 0 heterocycles. The summed E-state index contributed by atoms with van der Waals surface area (Å²) >= 11 is 0. The summed E-state index contributed by atoms with van der Waals surface area (Å²) in [5.41, 5.74) is 2.19. The topological polar surface area (TPSA) is 58.6 Å². The van der Waals surface area contributed by atoms with Crippen molar-refractivity contribution < 1.29 is 14.3 Å². The van der Waals surface area contributed by atoms with Crippen molar-refractivity contribution in [3.05, 3.63) is 65.7 Å². The molecule has 132 valence electrons. The number of likely N-dealkylation sites (N-methyl/N-ethyl adjacent to an activating group) is 1. The number of amides is 2. The van der Waals surface area contributed by atoms with Crippen molar-refractivity contribution in [1.82, 2.24) is 10.2 Å². The van der Waals surface area contributed by atoms with Crippen LogP contribution in [0.15, 0.2) is 54.6 Å². The first kappa shape index (κ1) is 18.5. The first-order valence-corrected chi connectivity index (χ1v) is 8.36. The first-order valence-electron chi connectivity index (χ1n) is 8.36. The third-order valence-electron chi connectivity index (χ3n) is 3.78. The number of benzene rings is 2. The lowest BCUT2D eigenvalue weighted by Gasteiger charge is -2.21. The Morgan fingerprint density at radius 3 is 2.36 bits per heavy atom. The Kier molecular flexibility index (Phi) is 7.01. The molecule has 0 spiro atoms.